The van der Waals surface area contributed by atoms with Crippen LogP contribution in [0.5, 0.6) is 0 Å². The van der Waals surface area contributed by atoms with E-state index in [-0.39, 0.29) is 5.56 Å². The molecule has 1 heterocycles. The first-order valence-electron chi connectivity index (χ1n) is 5.12. The second kappa shape index (κ2) is 4.45. The first kappa shape index (κ1) is 10.8. The monoisotopic (exact) mass is 232 g/mol. The van der Waals surface area contributed by atoms with Crippen molar-refractivity contribution in [2.75, 3.05) is 0 Å². The van der Waals surface area contributed by atoms with E-state index in [2.05, 4.69) is 18.0 Å². The lowest BCUT2D eigenvalue weighted by Gasteiger charge is -2.10. The van der Waals surface area contributed by atoms with Gasteiger partial charge in [0.05, 0.1) is 5.69 Å². The van der Waals surface area contributed by atoms with Crippen molar-refractivity contribution in [2.24, 2.45) is 0 Å². The van der Waals surface area contributed by atoms with Gasteiger partial charge in [0.25, 0.3) is 5.56 Å². The molecule has 1 aromatic carbocycles. The predicted octanol–water partition coefficient (Wildman–Crippen LogP) is 2.46. The molecule has 0 aliphatic rings. The summed E-state index contributed by atoms with van der Waals surface area (Å²) in [5.74, 6) is 0. The average molecular weight is 232 g/mol. The van der Waals surface area contributed by atoms with Crippen LogP contribution in [0.15, 0.2) is 41.3 Å². The number of aromatic nitrogens is 2. The van der Waals surface area contributed by atoms with Crippen LogP contribution >= 0.6 is 12.2 Å². The molecule has 3 nitrogen and oxygen atoms in total. The normalized spacial score (nSPS) is 10.3. The lowest BCUT2D eigenvalue weighted by molar-refractivity contribution is 0.917. The molecule has 0 bridgehead atoms. The van der Waals surface area contributed by atoms with Crippen LogP contribution in [0.2, 0.25) is 0 Å². The fourth-order valence-electron chi connectivity index (χ4n) is 1.65. The largest absolute Gasteiger partial charge is 0.299 e. The number of H-pyrrole nitrogens is 1. The van der Waals surface area contributed by atoms with Gasteiger partial charge in [0.1, 0.15) is 0 Å². The van der Waals surface area contributed by atoms with Gasteiger partial charge in [-0.15, -0.1) is 0 Å². The van der Waals surface area contributed by atoms with Gasteiger partial charge < -0.3 is 0 Å². The molecule has 0 unspecified atom stereocenters. The Morgan fingerprint density at radius 2 is 2.06 bits per heavy atom. The van der Waals surface area contributed by atoms with E-state index >= 15 is 0 Å². The molecule has 0 saturated carbocycles. The van der Waals surface area contributed by atoms with Crippen molar-refractivity contribution in [2.45, 2.75) is 13.3 Å². The van der Waals surface area contributed by atoms with Crippen LogP contribution in [0.25, 0.3) is 5.69 Å². The standard InChI is InChI=1S/C12H12N2OS/c1-2-9-5-3-4-6-10(9)14-8-7-11(15)13-12(14)16/h3-8H,2H2,1H3,(H,13,15,16). The van der Waals surface area contributed by atoms with E-state index < -0.39 is 0 Å². The van der Waals surface area contributed by atoms with Crippen molar-refractivity contribution in [3.05, 3.63) is 57.2 Å². The molecule has 1 aromatic heterocycles. The average Bonchev–Trinajstić information content (AvgIpc) is 2.29. The maximum atomic E-state index is 11.1. The smallest absolute Gasteiger partial charge is 0.251 e. The molecular formula is C12H12N2OS. The molecule has 1 N–H and O–H groups in total. The summed E-state index contributed by atoms with van der Waals surface area (Å²) >= 11 is 5.14. The minimum Gasteiger partial charge on any atom is -0.299 e. The molecule has 16 heavy (non-hydrogen) atoms. The second-order valence-electron chi connectivity index (χ2n) is 3.46. The van der Waals surface area contributed by atoms with Gasteiger partial charge in [0, 0.05) is 12.3 Å². The maximum absolute atomic E-state index is 11.1. The number of hydrogen-bond donors (Lipinski definition) is 1. The zero-order valence-corrected chi connectivity index (χ0v) is 9.75. The van der Waals surface area contributed by atoms with Crippen LogP contribution in [0.1, 0.15) is 12.5 Å². The summed E-state index contributed by atoms with van der Waals surface area (Å²) in [5, 5.41) is 0. The van der Waals surface area contributed by atoms with Crippen LogP contribution in [-0.2, 0) is 6.42 Å². The number of rotatable bonds is 2. The molecule has 2 aromatic rings. The molecule has 0 aliphatic carbocycles. The van der Waals surface area contributed by atoms with Crippen molar-refractivity contribution in [3.8, 4) is 5.69 Å². The van der Waals surface area contributed by atoms with Crippen molar-refractivity contribution < 1.29 is 0 Å². The van der Waals surface area contributed by atoms with Gasteiger partial charge in [0.15, 0.2) is 4.77 Å². The SMILES string of the molecule is CCc1ccccc1-n1ccc(=O)[nH]c1=S. The van der Waals surface area contributed by atoms with Crippen LogP contribution in [0.3, 0.4) is 0 Å². The van der Waals surface area contributed by atoms with Gasteiger partial charge in [-0.05, 0) is 30.3 Å². The Hall–Kier alpha value is -1.68. The molecule has 82 valence electrons. The molecule has 4 heteroatoms. The summed E-state index contributed by atoms with van der Waals surface area (Å²) in [4.78, 5) is 13.7. The molecule has 0 amide bonds. The van der Waals surface area contributed by atoms with E-state index in [1.165, 1.54) is 11.6 Å². The van der Waals surface area contributed by atoms with Gasteiger partial charge in [-0.25, -0.2) is 0 Å². The Bertz CT molecular complexity index is 613. The molecule has 0 spiro atoms. The quantitative estimate of drug-likeness (QED) is 0.808. The Morgan fingerprint density at radius 3 is 2.75 bits per heavy atom. The lowest BCUT2D eigenvalue weighted by atomic mass is 10.1. The minimum atomic E-state index is -0.171. The number of para-hydroxylation sites is 1. The first-order chi connectivity index (χ1) is 7.72. The van der Waals surface area contributed by atoms with Gasteiger partial charge in [-0.1, -0.05) is 25.1 Å². The van der Waals surface area contributed by atoms with E-state index in [1.807, 2.05) is 22.8 Å². The van der Waals surface area contributed by atoms with E-state index in [4.69, 9.17) is 12.2 Å². The minimum absolute atomic E-state index is 0.171. The van der Waals surface area contributed by atoms with E-state index in [1.54, 1.807) is 6.20 Å². The summed E-state index contributed by atoms with van der Waals surface area (Å²) < 4.78 is 2.24. The number of hydrogen-bond acceptors (Lipinski definition) is 2. The Kier molecular flexibility index (Phi) is 3.01. The van der Waals surface area contributed by atoms with Gasteiger partial charge in [-0.3, -0.25) is 14.3 Å². The van der Waals surface area contributed by atoms with Crippen LogP contribution in [0.4, 0.5) is 0 Å². The first-order valence-corrected chi connectivity index (χ1v) is 5.53. The molecule has 0 saturated heterocycles. The van der Waals surface area contributed by atoms with Crippen molar-refractivity contribution in [3.63, 3.8) is 0 Å². The predicted molar refractivity (Wildman–Crippen MR) is 66.6 cm³/mol. The van der Waals surface area contributed by atoms with E-state index in [9.17, 15) is 4.79 Å². The maximum Gasteiger partial charge on any atom is 0.251 e. The molecule has 2 rings (SSSR count). The summed E-state index contributed by atoms with van der Waals surface area (Å²) in [7, 11) is 0. The van der Waals surface area contributed by atoms with Gasteiger partial charge >= 0.3 is 0 Å². The highest BCUT2D eigenvalue weighted by Crippen LogP contribution is 2.14. The van der Waals surface area contributed by atoms with Crippen LogP contribution < -0.4 is 5.56 Å². The number of aromatic amines is 1. The highest BCUT2D eigenvalue weighted by Gasteiger charge is 2.02. The number of benzene rings is 1. The zero-order chi connectivity index (χ0) is 11.5. The third-order valence-electron chi connectivity index (χ3n) is 2.46. The summed E-state index contributed by atoms with van der Waals surface area (Å²) in [6, 6.07) is 9.48. The van der Waals surface area contributed by atoms with E-state index in [0.29, 0.717) is 4.77 Å². The highest BCUT2D eigenvalue weighted by atomic mass is 32.1. The second-order valence-corrected chi connectivity index (χ2v) is 3.85. The Balaban J connectivity index is 2.68. The topological polar surface area (TPSA) is 37.8 Å². The third kappa shape index (κ3) is 1.97. The molecule has 0 atom stereocenters. The fourth-order valence-corrected chi connectivity index (χ4v) is 1.91. The fraction of sp³-hybridized carbons (Fsp3) is 0.167. The van der Waals surface area contributed by atoms with Crippen LogP contribution in [-0.4, -0.2) is 9.55 Å². The molecule has 0 radical (unpaired) electrons. The number of aryl methyl sites for hydroxylation is 1. The van der Waals surface area contributed by atoms with Gasteiger partial charge in [0.2, 0.25) is 0 Å². The van der Waals surface area contributed by atoms with E-state index in [0.717, 1.165) is 12.1 Å². The Morgan fingerprint density at radius 1 is 1.31 bits per heavy atom. The number of nitrogens with zero attached hydrogens (tertiary/aromatic N) is 1. The van der Waals surface area contributed by atoms with Crippen molar-refractivity contribution in [1.29, 1.82) is 0 Å². The van der Waals surface area contributed by atoms with Gasteiger partial charge in [-0.2, -0.15) is 0 Å². The number of nitrogens with one attached hydrogen (secondary N) is 1. The molecular weight excluding hydrogens is 220 g/mol. The summed E-state index contributed by atoms with van der Waals surface area (Å²) in [6.07, 6.45) is 2.63. The lowest BCUT2D eigenvalue weighted by Crippen LogP contribution is -2.10. The molecule has 0 fully saturated rings. The third-order valence-corrected chi connectivity index (χ3v) is 2.75. The van der Waals surface area contributed by atoms with Crippen molar-refractivity contribution in [1.82, 2.24) is 9.55 Å². The summed E-state index contributed by atoms with van der Waals surface area (Å²) in [5.41, 5.74) is 2.05. The molecule has 0 aliphatic heterocycles. The highest BCUT2D eigenvalue weighted by molar-refractivity contribution is 7.71. The zero-order valence-electron chi connectivity index (χ0n) is 8.93. The Labute approximate surface area is 98.4 Å². The van der Waals surface area contributed by atoms with Crippen molar-refractivity contribution >= 4 is 12.2 Å². The van der Waals surface area contributed by atoms with Crippen LogP contribution in [0, 0.1) is 4.77 Å². The summed E-state index contributed by atoms with van der Waals surface area (Å²) in [6.45, 7) is 2.09.